The third-order valence-electron chi connectivity index (χ3n) is 3.70. The summed E-state index contributed by atoms with van der Waals surface area (Å²) >= 11 is 0. The fourth-order valence-electron chi connectivity index (χ4n) is 2.45. The van der Waals surface area contributed by atoms with Gasteiger partial charge in [-0.2, -0.15) is 0 Å². The Bertz CT molecular complexity index is 533. The van der Waals surface area contributed by atoms with Crippen molar-refractivity contribution in [3.63, 3.8) is 0 Å². The SMILES string of the molecule is CC(C)(C)Oc1ccc(CN=C(N)NCCCN2CCOCC2)cn1. The van der Waals surface area contributed by atoms with Crippen molar-refractivity contribution in [3.8, 4) is 5.88 Å². The lowest BCUT2D eigenvalue weighted by molar-refractivity contribution is 0.0376. The first-order valence-electron chi connectivity index (χ1n) is 8.90. The molecule has 0 bridgehead atoms. The van der Waals surface area contributed by atoms with E-state index in [0.717, 1.165) is 51.4 Å². The first-order valence-corrected chi connectivity index (χ1v) is 8.90. The molecule has 0 saturated carbocycles. The number of pyridine rings is 1. The van der Waals surface area contributed by atoms with Crippen LogP contribution in [0, 0.1) is 0 Å². The van der Waals surface area contributed by atoms with Crippen LogP contribution in [-0.4, -0.2) is 60.8 Å². The van der Waals surface area contributed by atoms with Gasteiger partial charge in [-0.25, -0.2) is 9.98 Å². The van der Waals surface area contributed by atoms with Crippen LogP contribution in [0.5, 0.6) is 5.88 Å². The number of aromatic nitrogens is 1. The number of ether oxygens (including phenoxy) is 2. The Hall–Kier alpha value is -1.86. The summed E-state index contributed by atoms with van der Waals surface area (Å²) in [7, 11) is 0. The van der Waals surface area contributed by atoms with E-state index in [4.69, 9.17) is 15.2 Å². The molecule has 7 nitrogen and oxygen atoms in total. The highest BCUT2D eigenvalue weighted by molar-refractivity contribution is 5.77. The summed E-state index contributed by atoms with van der Waals surface area (Å²) in [6, 6.07) is 3.82. The largest absolute Gasteiger partial charge is 0.472 e. The van der Waals surface area contributed by atoms with Gasteiger partial charge in [0.2, 0.25) is 5.88 Å². The lowest BCUT2D eigenvalue weighted by Crippen LogP contribution is -2.39. The van der Waals surface area contributed by atoms with Crippen molar-refractivity contribution in [2.45, 2.75) is 39.3 Å². The average molecular weight is 349 g/mol. The van der Waals surface area contributed by atoms with Crippen LogP contribution in [0.15, 0.2) is 23.3 Å². The molecular formula is C18H31N5O2. The zero-order valence-electron chi connectivity index (χ0n) is 15.6. The highest BCUT2D eigenvalue weighted by atomic mass is 16.5. The number of morpholine rings is 1. The predicted octanol–water partition coefficient (Wildman–Crippen LogP) is 1.39. The standard InChI is InChI=1S/C18H31N5O2/c1-18(2,3)25-16-6-5-15(13-21-16)14-22-17(19)20-7-4-8-23-9-11-24-12-10-23/h5-6,13H,4,7-12,14H2,1-3H3,(H3,19,20,22). The van der Waals surface area contributed by atoms with Gasteiger partial charge in [-0.15, -0.1) is 0 Å². The van der Waals surface area contributed by atoms with Crippen LogP contribution in [0.2, 0.25) is 0 Å². The summed E-state index contributed by atoms with van der Waals surface area (Å²) in [4.78, 5) is 11.1. The molecule has 1 fully saturated rings. The van der Waals surface area contributed by atoms with E-state index in [0.29, 0.717) is 18.4 Å². The van der Waals surface area contributed by atoms with E-state index >= 15 is 0 Å². The first-order chi connectivity index (χ1) is 11.9. The molecular weight excluding hydrogens is 318 g/mol. The fourth-order valence-corrected chi connectivity index (χ4v) is 2.45. The molecule has 0 unspecified atom stereocenters. The Morgan fingerprint density at radius 3 is 2.76 bits per heavy atom. The van der Waals surface area contributed by atoms with Crippen molar-refractivity contribution in [1.29, 1.82) is 0 Å². The second kappa shape index (κ2) is 9.58. The van der Waals surface area contributed by atoms with Gasteiger partial charge in [0, 0.05) is 31.9 Å². The summed E-state index contributed by atoms with van der Waals surface area (Å²) in [6.07, 6.45) is 2.81. The molecule has 1 aromatic rings. The first kappa shape index (κ1) is 19.5. The fraction of sp³-hybridized carbons (Fsp3) is 0.667. The van der Waals surface area contributed by atoms with Gasteiger partial charge >= 0.3 is 0 Å². The van der Waals surface area contributed by atoms with Gasteiger partial charge in [0.05, 0.1) is 19.8 Å². The van der Waals surface area contributed by atoms with Gasteiger partial charge < -0.3 is 20.5 Å². The maximum atomic E-state index is 5.91. The third kappa shape index (κ3) is 8.18. The Morgan fingerprint density at radius 2 is 2.12 bits per heavy atom. The van der Waals surface area contributed by atoms with Crippen LogP contribution in [0.3, 0.4) is 0 Å². The molecule has 0 spiro atoms. The number of aliphatic imine (C=N–C) groups is 1. The Balaban J connectivity index is 1.66. The highest BCUT2D eigenvalue weighted by Crippen LogP contribution is 2.15. The highest BCUT2D eigenvalue weighted by Gasteiger charge is 2.12. The normalized spacial score (nSPS) is 16.7. The molecule has 0 amide bonds. The molecule has 1 saturated heterocycles. The van der Waals surface area contributed by atoms with E-state index in [1.165, 1.54) is 0 Å². The van der Waals surface area contributed by atoms with Crippen LogP contribution >= 0.6 is 0 Å². The minimum absolute atomic E-state index is 0.248. The summed E-state index contributed by atoms with van der Waals surface area (Å²) in [5, 5.41) is 3.16. The smallest absolute Gasteiger partial charge is 0.213 e. The minimum Gasteiger partial charge on any atom is -0.472 e. The Labute approximate surface area is 150 Å². The zero-order valence-corrected chi connectivity index (χ0v) is 15.6. The van der Waals surface area contributed by atoms with E-state index in [2.05, 4.69) is 20.2 Å². The van der Waals surface area contributed by atoms with Crippen molar-refractivity contribution >= 4 is 5.96 Å². The van der Waals surface area contributed by atoms with E-state index in [1.54, 1.807) is 6.20 Å². The number of nitrogens with one attached hydrogen (secondary N) is 1. The second-order valence-electron chi connectivity index (χ2n) is 7.15. The van der Waals surface area contributed by atoms with E-state index in [-0.39, 0.29) is 5.60 Å². The van der Waals surface area contributed by atoms with Crippen molar-refractivity contribution in [3.05, 3.63) is 23.9 Å². The summed E-state index contributed by atoms with van der Waals surface area (Å²) in [5.74, 6) is 1.09. The molecule has 0 aliphatic carbocycles. The number of rotatable bonds is 7. The number of guanidine groups is 1. The molecule has 2 rings (SSSR count). The minimum atomic E-state index is -0.248. The lowest BCUT2D eigenvalue weighted by Gasteiger charge is -2.26. The van der Waals surface area contributed by atoms with Gasteiger partial charge in [0.15, 0.2) is 5.96 Å². The van der Waals surface area contributed by atoms with Crippen LogP contribution in [-0.2, 0) is 11.3 Å². The number of hydrogen-bond donors (Lipinski definition) is 2. The van der Waals surface area contributed by atoms with Crippen LogP contribution in [0.25, 0.3) is 0 Å². The molecule has 2 heterocycles. The van der Waals surface area contributed by atoms with Crippen molar-refractivity contribution in [2.75, 3.05) is 39.4 Å². The molecule has 25 heavy (non-hydrogen) atoms. The van der Waals surface area contributed by atoms with Gasteiger partial charge in [-0.05, 0) is 39.3 Å². The lowest BCUT2D eigenvalue weighted by atomic mass is 10.2. The molecule has 0 atom stereocenters. The monoisotopic (exact) mass is 349 g/mol. The zero-order chi connectivity index (χ0) is 18.1. The summed E-state index contributed by atoms with van der Waals surface area (Å²) < 4.78 is 11.0. The third-order valence-corrected chi connectivity index (χ3v) is 3.70. The van der Waals surface area contributed by atoms with Crippen LogP contribution in [0.1, 0.15) is 32.8 Å². The summed E-state index contributed by atoms with van der Waals surface area (Å²) in [6.45, 7) is 12.1. The van der Waals surface area contributed by atoms with Gasteiger partial charge in [-0.1, -0.05) is 6.07 Å². The van der Waals surface area contributed by atoms with Crippen LogP contribution < -0.4 is 15.8 Å². The number of hydrogen-bond acceptors (Lipinski definition) is 5. The average Bonchev–Trinajstić information content (AvgIpc) is 2.58. The van der Waals surface area contributed by atoms with Crippen molar-refractivity contribution in [2.24, 2.45) is 10.7 Å². The number of nitrogens with zero attached hydrogens (tertiary/aromatic N) is 3. The van der Waals surface area contributed by atoms with Crippen molar-refractivity contribution in [1.82, 2.24) is 15.2 Å². The molecule has 0 aromatic carbocycles. The van der Waals surface area contributed by atoms with Crippen LogP contribution in [0.4, 0.5) is 0 Å². The molecule has 7 heteroatoms. The van der Waals surface area contributed by atoms with Gasteiger partial charge in [-0.3, -0.25) is 4.90 Å². The maximum Gasteiger partial charge on any atom is 0.213 e. The molecule has 1 aliphatic rings. The Kier molecular flexibility index (Phi) is 7.46. The topological polar surface area (TPSA) is 85.0 Å². The Morgan fingerprint density at radius 1 is 1.36 bits per heavy atom. The van der Waals surface area contributed by atoms with Gasteiger partial charge in [0.25, 0.3) is 0 Å². The number of nitrogens with two attached hydrogens (primary N) is 1. The van der Waals surface area contributed by atoms with E-state index < -0.39 is 0 Å². The molecule has 1 aromatic heterocycles. The second-order valence-corrected chi connectivity index (χ2v) is 7.15. The van der Waals surface area contributed by atoms with E-state index in [1.807, 2.05) is 32.9 Å². The van der Waals surface area contributed by atoms with Crippen molar-refractivity contribution < 1.29 is 9.47 Å². The van der Waals surface area contributed by atoms with E-state index in [9.17, 15) is 0 Å². The quantitative estimate of drug-likeness (QED) is 0.440. The predicted molar refractivity (Wildman–Crippen MR) is 99.8 cm³/mol. The summed E-state index contributed by atoms with van der Waals surface area (Å²) in [5.41, 5.74) is 6.67. The molecule has 1 aliphatic heterocycles. The molecule has 0 radical (unpaired) electrons. The van der Waals surface area contributed by atoms with Gasteiger partial charge in [0.1, 0.15) is 5.60 Å². The molecule has 140 valence electrons. The molecule has 3 N–H and O–H groups in total. The maximum absolute atomic E-state index is 5.91.